The van der Waals surface area contributed by atoms with Crippen molar-refractivity contribution in [2.75, 3.05) is 6.54 Å². The normalized spacial score (nSPS) is 35.2. The van der Waals surface area contributed by atoms with Crippen LogP contribution in [0, 0.1) is 11.8 Å². The maximum absolute atomic E-state index is 5.97. The topological polar surface area (TPSA) is 38.0 Å². The van der Waals surface area contributed by atoms with Gasteiger partial charge in [0.05, 0.1) is 0 Å². The van der Waals surface area contributed by atoms with Crippen LogP contribution in [0.25, 0.3) is 0 Å². The van der Waals surface area contributed by atoms with Crippen LogP contribution in [0.2, 0.25) is 0 Å². The average Bonchev–Trinajstić information content (AvgIpc) is 1.81. The molecule has 0 saturated carbocycles. The second kappa shape index (κ2) is 2.46. The Morgan fingerprint density at radius 1 is 1.36 bits per heavy atom. The number of nitrogens with two attached hydrogens (primary N) is 1. The first-order chi connectivity index (χ1) is 4.83. The van der Waals surface area contributed by atoms with Crippen LogP contribution in [-0.2, 0) is 0 Å². The smallest absolute Gasteiger partial charge is 0.0279 e. The molecule has 0 spiro atoms. The molecule has 1 aliphatic rings. The summed E-state index contributed by atoms with van der Waals surface area (Å²) in [4.78, 5) is 0. The predicted molar refractivity (Wildman–Crippen MR) is 48.1 cm³/mol. The Kier molecular flexibility index (Phi) is 2.01. The molecule has 1 unspecified atom stereocenters. The van der Waals surface area contributed by atoms with E-state index >= 15 is 0 Å². The van der Waals surface area contributed by atoms with E-state index in [2.05, 4.69) is 39.4 Å². The van der Waals surface area contributed by atoms with Gasteiger partial charge in [-0.1, -0.05) is 13.8 Å². The Balaban J connectivity index is 2.63. The Bertz CT molecular complexity index is 150. The minimum atomic E-state index is 0.0650. The molecule has 0 aromatic rings. The molecular weight excluding hydrogens is 136 g/mol. The van der Waals surface area contributed by atoms with Crippen molar-refractivity contribution in [3.63, 3.8) is 0 Å². The van der Waals surface area contributed by atoms with Gasteiger partial charge in [-0.3, -0.25) is 0 Å². The van der Waals surface area contributed by atoms with Crippen molar-refractivity contribution in [1.82, 2.24) is 5.32 Å². The molecule has 2 nitrogen and oxygen atoms in total. The van der Waals surface area contributed by atoms with Crippen LogP contribution < -0.4 is 11.1 Å². The van der Waals surface area contributed by atoms with E-state index in [1.54, 1.807) is 0 Å². The number of hydrogen-bond donors (Lipinski definition) is 2. The zero-order valence-corrected chi connectivity index (χ0v) is 7.94. The van der Waals surface area contributed by atoms with Crippen molar-refractivity contribution < 1.29 is 0 Å². The summed E-state index contributed by atoms with van der Waals surface area (Å²) in [6.45, 7) is 9.71. The quantitative estimate of drug-likeness (QED) is 0.546. The summed E-state index contributed by atoms with van der Waals surface area (Å²) >= 11 is 0. The molecule has 65 valence electrons. The minimum Gasteiger partial charge on any atom is -0.326 e. The Labute approximate surface area is 69.5 Å². The van der Waals surface area contributed by atoms with Crippen molar-refractivity contribution in [2.24, 2.45) is 11.1 Å². The molecule has 3 N–H and O–H groups in total. The summed E-state index contributed by atoms with van der Waals surface area (Å²) in [5, 5.41) is 3.44. The van der Waals surface area contributed by atoms with Gasteiger partial charge in [-0.05, 0) is 25.7 Å². The van der Waals surface area contributed by atoms with Gasteiger partial charge in [0.2, 0.25) is 0 Å². The Hall–Kier alpha value is -0.0800. The van der Waals surface area contributed by atoms with Gasteiger partial charge in [-0.2, -0.15) is 0 Å². The number of nitrogens with one attached hydrogen (secondary N) is 1. The van der Waals surface area contributed by atoms with Gasteiger partial charge >= 0.3 is 0 Å². The van der Waals surface area contributed by atoms with Gasteiger partial charge in [0.25, 0.3) is 0 Å². The van der Waals surface area contributed by atoms with Crippen molar-refractivity contribution in [3.8, 4) is 0 Å². The number of hydrogen-bond acceptors (Lipinski definition) is 2. The van der Waals surface area contributed by atoms with Crippen LogP contribution in [0.3, 0.4) is 0 Å². The highest BCUT2D eigenvalue weighted by Crippen LogP contribution is 2.29. The second-order valence-electron chi connectivity index (χ2n) is 4.76. The summed E-state index contributed by atoms with van der Waals surface area (Å²) in [6, 6.07) is 0.159. The van der Waals surface area contributed by atoms with Crippen molar-refractivity contribution >= 4 is 0 Å². The largest absolute Gasteiger partial charge is 0.326 e. The summed E-state index contributed by atoms with van der Waals surface area (Å²) < 4.78 is 0. The van der Waals surface area contributed by atoms with Gasteiger partial charge < -0.3 is 11.1 Å². The third kappa shape index (κ3) is 1.94. The number of rotatable bonds is 0. The van der Waals surface area contributed by atoms with Gasteiger partial charge in [-0.25, -0.2) is 0 Å². The van der Waals surface area contributed by atoms with E-state index in [0.717, 1.165) is 6.54 Å². The molecule has 1 saturated heterocycles. The molecule has 2 heteroatoms. The van der Waals surface area contributed by atoms with Crippen LogP contribution >= 0.6 is 0 Å². The molecule has 0 amide bonds. The molecule has 1 fully saturated rings. The summed E-state index contributed by atoms with van der Waals surface area (Å²) in [7, 11) is 0. The average molecular weight is 155 g/mol. The fourth-order valence-electron chi connectivity index (χ4n) is 1.33. The maximum atomic E-state index is 5.97. The fourth-order valence-corrected chi connectivity index (χ4v) is 1.33. The first kappa shape index (κ1) is 9.01. The molecular formula is C9H19N2. The van der Waals surface area contributed by atoms with Gasteiger partial charge in [0, 0.05) is 18.1 Å². The molecule has 1 rings (SSSR count). The summed E-state index contributed by atoms with van der Waals surface area (Å²) in [6.07, 6.45) is 2.24. The first-order valence-electron chi connectivity index (χ1n) is 4.20. The van der Waals surface area contributed by atoms with E-state index in [0.29, 0.717) is 0 Å². The lowest BCUT2D eigenvalue weighted by Crippen LogP contribution is -2.62. The zero-order chi connectivity index (χ0) is 8.70. The highest BCUT2D eigenvalue weighted by atomic mass is 15.0. The Morgan fingerprint density at radius 2 is 1.91 bits per heavy atom. The highest BCUT2D eigenvalue weighted by Gasteiger charge is 2.37. The third-order valence-corrected chi connectivity index (χ3v) is 2.46. The lowest BCUT2D eigenvalue weighted by Gasteiger charge is -2.44. The van der Waals surface area contributed by atoms with E-state index in [1.807, 2.05) is 0 Å². The van der Waals surface area contributed by atoms with Crippen LogP contribution in [0.4, 0.5) is 0 Å². The van der Waals surface area contributed by atoms with Crippen LogP contribution in [-0.4, -0.2) is 18.1 Å². The van der Waals surface area contributed by atoms with Crippen molar-refractivity contribution in [2.45, 2.75) is 39.3 Å². The SMILES string of the molecule is CC1(C)[CH]C(N)C(C)(C)NC1. The van der Waals surface area contributed by atoms with Crippen LogP contribution in [0.5, 0.6) is 0 Å². The van der Waals surface area contributed by atoms with Gasteiger partial charge in [-0.15, -0.1) is 0 Å². The fraction of sp³-hybridized carbons (Fsp3) is 0.889. The van der Waals surface area contributed by atoms with Crippen LogP contribution in [0.1, 0.15) is 27.7 Å². The predicted octanol–water partition coefficient (Wildman–Crippen LogP) is 0.926. The molecule has 0 bridgehead atoms. The second-order valence-corrected chi connectivity index (χ2v) is 4.76. The van der Waals surface area contributed by atoms with Crippen LogP contribution in [0.15, 0.2) is 0 Å². The third-order valence-electron chi connectivity index (χ3n) is 2.46. The van der Waals surface area contributed by atoms with Crippen molar-refractivity contribution in [3.05, 3.63) is 6.42 Å². The maximum Gasteiger partial charge on any atom is 0.0279 e. The monoisotopic (exact) mass is 155 g/mol. The van der Waals surface area contributed by atoms with E-state index in [9.17, 15) is 0 Å². The summed E-state index contributed by atoms with van der Waals surface area (Å²) in [5.41, 5.74) is 6.28. The molecule has 1 aliphatic heterocycles. The highest BCUT2D eigenvalue weighted by molar-refractivity contribution is 5.09. The van der Waals surface area contributed by atoms with E-state index in [1.165, 1.54) is 0 Å². The van der Waals surface area contributed by atoms with E-state index in [4.69, 9.17) is 5.73 Å². The molecule has 0 aromatic carbocycles. The minimum absolute atomic E-state index is 0.0650. The van der Waals surface area contributed by atoms with Gasteiger partial charge in [0.1, 0.15) is 0 Å². The molecule has 1 radical (unpaired) electrons. The number of piperidine rings is 1. The Morgan fingerprint density at radius 3 is 2.27 bits per heavy atom. The molecule has 1 atom stereocenters. The van der Waals surface area contributed by atoms with Crippen molar-refractivity contribution in [1.29, 1.82) is 0 Å². The molecule has 1 heterocycles. The summed E-state index contributed by atoms with van der Waals surface area (Å²) in [5.74, 6) is 0. The van der Waals surface area contributed by atoms with Gasteiger partial charge in [0.15, 0.2) is 0 Å². The first-order valence-corrected chi connectivity index (χ1v) is 4.20. The lowest BCUT2D eigenvalue weighted by atomic mass is 9.75. The van der Waals surface area contributed by atoms with E-state index in [-0.39, 0.29) is 17.0 Å². The molecule has 0 aliphatic carbocycles. The standard InChI is InChI=1S/C9H19N2/c1-8(2)5-7(10)9(3,4)11-6-8/h5,7,11H,6,10H2,1-4H3. The van der Waals surface area contributed by atoms with E-state index < -0.39 is 0 Å². The molecule has 0 aromatic heterocycles. The zero-order valence-electron chi connectivity index (χ0n) is 7.94. The lowest BCUT2D eigenvalue weighted by molar-refractivity contribution is 0.212. The molecule has 11 heavy (non-hydrogen) atoms.